The molecule has 0 heterocycles. The Morgan fingerprint density at radius 1 is 0.591 bits per heavy atom. The Labute approximate surface area is 145 Å². The first-order valence-corrected chi connectivity index (χ1v) is 18.5. The predicted molar refractivity (Wildman–Crippen MR) is 115 cm³/mol. The van der Waals surface area contributed by atoms with Gasteiger partial charge >= 0.3 is 0 Å². The molecule has 134 valence electrons. The van der Waals surface area contributed by atoms with Gasteiger partial charge in [-0.1, -0.05) is 121 Å². The van der Waals surface area contributed by atoms with Crippen molar-refractivity contribution in [1.29, 1.82) is 0 Å². The van der Waals surface area contributed by atoms with E-state index in [0.29, 0.717) is 0 Å². The van der Waals surface area contributed by atoms with Crippen molar-refractivity contribution in [1.82, 2.24) is 0 Å². The van der Waals surface area contributed by atoms with Crippen LogP contribution in [-0.4, -0.2) is 24.2 Å². The highest BCUT2D eigenvalue weighted by molar-refractivity contribution is 7.15. The fourth-order valence-electron chi connectivity index (χ4n) is 6.56. The molecule has 0 amide bonds. The second-order valence-corrected chi connectivity index (χ2v) is 28.2. The fourth-order valence-corrected chi connectivity index (χ4v) is 42.6. The van der Waals surface area contributed by atoms with Gasteiger partial charge in [-0.3, -0.25) is 0 Å². The zero-order valence-electron chi connectivity index (χ0n) is 17.9. The molecule has 0 nitrogen and oxygen atoms in total. The van der Waals surface area contributed by atoms with Gasteiger partial charge in [-0.2, -0.15) is 0 Å². The van der Waals surface area contributed by atoms with Crippen molar-refractivity contribution in [2.75, 3.05) is 0 Å². The van der Waals surface area contributed by atoms with Crippen LogP contribution in [0.15, 0.2) is 0 Å². The molecule has 0 radical (unpaired) electrons. The summed E-state index contributed by atoms with van der Waals surface area (Å²) in [5.74, 6) is 0. The summed E-state index contributed by atoms with van der Waals surface area (Å²) in [7, 11) is -3.74. The average Bonchev–Trinajstić information content (AvgIpc) is 2.37. The van der Waals surface area contributed by atoms with E-state index in [2.05, 4.69) is 82.0 Å². The molecule has 1 atom stereocenters. The topological polar surface area (TPSA) is 0 Å². The van der Waals surface area contributed by atoms with Crippen molar-refractivity contribution < 1.29 is 0 Å². The van der Waals surface area contributed by atoms with E-state index in [9.17, 15) is 0 Å². The normalized spacial score (nSPS) is 16.0. The molecule has 0 aromatic rings. The van der Waals surface area contributed by atoms with Crippen LogP contribution >= 0.6 is 0 Å². The van der Waals surface area contributed by atoms with Gasteiger partial charge in [0.15, 0.2) is 0 Å². The first-order valence-electron chi connectivity index (χ1n) is 9.88. The molecular formula is C19H46Si3. The molecule has 0 saturated heterocycles. The van der Waals surface area contributed by atoms with Gasteiger partial charge in [-0.05, 0) is 0 Å². The summed E-state index contributed by atoms with van der Waals surface area (Å²) < 4.78 is 0. The summed E-state index contributed by atoms with van der Waals surface area (Å²) in [6.45, 7) is 31.2. The maximum Gasteiger partial charge on any atom is 0.0591 e. The number of rotatable bonds is 9. The van der Waals surface area contributed by atoms with Crippen LogP contribution in [-0.2, 0) is 0 Å². The van der Waals surface area contributed by atoms with Gasteiger partial charge in [0.25, 0.3) is 0 Å². The van der Waals surface area contributed by atoms with Crippen LogP contribution in [0, 0.1) is 0 Å². The van der Waals surface area contributed by atoms with E-state index in [4.69, 9.17) is 0 Å². The quantitative estimate of drug-likeness (QED) is 0.367. The minimum atomic E-state index is -1.37. The summed E-state index contributed by atoms with van der Waals surface area (Å²) in [6, 6.07) is 4.53. The minimum Gasteiger partial charge on any atom is -0.0698 e. The maximum absolute atomic E-state index is 2.70. The monoisotopic (exact) mass is 358 g/mol. The van der Waals surface area contributed by atoms with E-state index in [0.717, 1.165) is 21.4 Å². The van der Waals surface area contributed by atoms with Crippen LogP contribution in [0.25, 0.3) is 0 Å². The molecule has 0 aliphatic rings. The Kier molecular flexibility index (Phi) is 8.39. The third kappa shape index (κ3) is 3.83. The molecule has 0 rings (SSSR count). The van der Waals surface area contributed by atoms with Gasteiger partial charge in [0, 0.05) is 8.07 Å². The van der Waals surface area contributed by atoms with E-state index in [1.165, 1.54) is 18.1 Å². The lowest BCUT2D eigenvalue weighted by Gasteiger charge is -2.60. The molecular weight excluding hydrogens is 312 g/mol. The van der Waals surface area contributed by atoms with Crippen molar-refractivity contribution in [2.45, 2.75) is 121 Å². The highest BCUT2D eigenvalue weighted by atomic mass is 28.5. The zero-order chi connectivity index (χ0) is 17.9. The van der Waals surface area contributed by atoms with E-state index >= 15 is 0 Å². The summed E-state index contributed by atoms with van der Waals surface area (Å²) in [4.78, 5) is 1.16. The van der Waals surface area contributed by atoms with Crippen molar-refractivity contribution in [3.8, 4) is 0 Å². The molecule has 0 aliphatic carbocycles. The molecule has 0 aromatic carbocycles. The highest BCUT2D eigenvalue weighted by Gasteiger charge is 2.59. The van der Waals surface area contributed by atoms with Gasteiger partial charge < -0.3 is 0 Å². The predicted octanol–water partition coefficient (Wildman–Crippen LogP) is 7.96. The lowest BCUT2D eigenvalue weighted by Crippen LogP contribution is -2.65. The molecule has 0 aliphatic heterocycles. The van der Waals surface area contributed by atoms with Crippen LogP contribution < -0.4 is 0 Å². The summed E-state index contributed by atoms with van der Waals surface area (Å²) in [6.07, 6.45) is 0. The van der Waals surface area contributed by atoms with Gasteiger partial charge in [-0.25, -0.2) is 0 Å². The fraction of sp³-hybridized carbons (Fsp3) is 1.00. The molecule has 22 heavy (non-hydrogen) atoms. The van der Waals surface area contributed by atoms with Crippen LogP contribution in [0.5, 0.6) is 0 Å². The average molecular weight is 359 g/mol. The van der Waals surface area contributed by atoms with Crippen LogP contribution in [0.2, 0.25) is 59.2 Å². The Morgan fingerprint density at radius 2 is 0.864 bits per heavy atom. The molecule has 3 heteroatoms. The summed E-state index contributed by atoms with van der Waals surface area (Å²) in [5, 5.41) is 0. The first-order chi connectivity index (χ1) is 9.88. The van der Waals surface area contributed by atoms with Crippen molar-refractivity contribution >= 4 is 24.2 Å². The molecule has 0 spiro atoms. The van der Waals surface area contributed by atoms with Crippen LogP contribution in [0.4, 0.5) is 0 Å². The third-order valence-electron chi connectivity index (χ3n) is 7.09. The maximum atomic E-state index is 2.70. The standard InChI is InChI=1S/C19H46Si3/c1-13-21(14-2,15-3)19(20(10,11)12)22(16(4)5,17(6)7)18(8)9/h16-19H,13-15H2,1-12H3. The van der Waals surface area contributed by atoms with Crippen LogP contribution in [0.1, 0.15) is 62.3 Å². The second kappa shape index (κ2) is 8.15. The van der Waals surface area contributed by atoms with Gasteiger partial charge in [0.2, 0.25) is 0 Å². The summed E-state index contributed by atoms with van der Waals surface area (Å²) >= 11 is 0. The third-order valence-corrected chi connectivity index (χ3v) is 33.1. The van der Waals surface area contributed by atoms with Crippen LogP contribution in [0.3, 0.4) is 0 Å². The molecule has 0 bridgehead atoms. The molecule has 0 aromatic heterocycles. The Morgan fingerprint density at radius 3 is 1.00 bits per heavy atom. The van der Waals surface area contributed by atoms with Gasteiger partial charge in [0.05, 0.1) is 16.1 Å². The minimum absolute atomic E-state index is 0.917. The van der Waals surface area contributed by atoms with E-state index in [1.54, 1.807) is 0 Å². The van der Waals surface area contributed by atoms with E-state index in [-0.39, 0.29) is 0 Å². The van der Waals surface area contributed by atoms with Gasteiger partial charge in [0.1, 0.15) is 0 Å². The van der Waals surface area contributed by atoms with Crippen molar-refractivity contribution in [2.24, 2.45) is 0 Å². The van der Waals surface area contributed by atoms with Crippen molar-refractivity contribution in [3.63, 3.8) is 0 Å². The number of hydrogen-bond acceptors (Lipinski definition) is 0. The second-order valence-electron chi connectivity index (χ2n) is 9.69. The lowest BCUT2D eigenvalue weighted by atomic mass is 10.5. The highest BCUT2D eigenvalue weighted by Crippen LogP contribution is 2.58. The molecule has 0 fully saturated rings. The SMILES string of the molecule is CC[Si](CC)(CC)C([Si](C)(C)C)[Si](C(C)C)(C(C)C)C(C)C. The smallest absolute Gasteiger partial charge is 0.0591 e. The Balaban J connectivity index is 6.61. The largest absolute Gasteiger partial charge is 0.0698 e. The number of hydrogen-bond donors (Lipinski definition) is 0. The first kappa shape index (κ1) is 22.7. The lowest BCUT2D eigenvalue weighted by molar-refractivity contribution is 0.798. The summed E-state index contributed by atoms with van der Waals surface area (Å²) in [5.41, 5.74) is 2.75. The van der Waals surface area contributed by atoms with Gasteiger partial charge in [-0.15, -0.1) is 0 Å². The molecule has 0 N–H and O–H groups in total. The zero-order valence-corrected chi connectivity index (χ0v) is 20.9. The molecule has 0 saturated carbocycles. The van der Waals surface area contributed by atoms with E-state index in [1.807, 2.05) is 0 Å². The van der Waals surface area contributed by atoms with Crippen molar-refractivity contribution in [3.05, 3.63) is 0 Å². The Bertz CT molecular complexity index is 292. The van der Waals surface area contributed by atoms with E-state index < -0.39 is 24.2 Å². The molecule has 1 unspecified atom stereocenters. The Hall–Kier alpha value is 0.651.